The molecule has 0 saturated heterocycles. The fourth-order valence-electron chi connectivity index (χ4n) is 3.70. The van der Waals surface area contributed by atoms with Gasteiger partial charge in [-0.05, 0) is 62.1 Å². The van der Waals surface area contributed by atoms with Gasteiger partial charge in [0.1, 0.15) is 25.5 Å². The summed E-state index contributed by atoms with van der Waals surface area (Å²) in [5.74, 6) is 0.835. The number of hydrogen-bond donors (Lipinski definition) is 0. The number of anilines is 1. The first-order valence-corrected chi connectivity index (χ1v) is 11.7. The number of nitrogens with zero attached hydrogens (tertiary/aromatic N) is 1. The SMILES string of the molecule is COC(=O)CN(c1ccc(OC2CCCC2)cc1)S(=O)(=O)c1ccc2c(c1)OCCO2. The fraction of sp³-hybridized carbons (Fsp3) is 0.409. The Morgan fingerprint density at radius 2 is 1.71 bits per heavy atom. The van der Waals surface area contributed by atoms with Crippen LogP contribution in [0.1, 0.15) is 25.7 Å². The predicted molar refractivity (Wildman–Crippen MR) is 113 cm³/mol. The number of carbonyl (C=O) groups is 1. The van der Waals surface area contributed by atoms with Gasteiger partial charge in [-0.3, -0.25) is 9.10 Å². The van der Waals surface area contributed by atoms with Crippen molar-refractivity contribution in [2.45, 2.75) is 36.7 Å². The van der Waals surface area contributed by atoms with Crippen molar-refractivity contribution in [1.29, 1.82) is 0 Å². The van der Waals surface area contributed by atoms with E-state index in [1.807, 2.05) is 0 Å². The Morgan fingerprint density at radius 3 is 2.39 bits per heavy atom. The highest BCUT2D eigenvalue weighted by Gasteiger charge is 2.29. The highest BCUT2D eigenvalue weighted by atomic mass is 32.2. The second kappa shape index (κ2) is 9.05. The van der Waals surface area contributed by atoms with Crippen LogP contribution in [0.15, 0.2) is 47.4 Å². The summed E-state index contributed by atoms with van der Waals surface area (Å²) in [6.07, 6.45) is 4.55. The van der Waals surface area contributed by atoms with E-state index in [4.69, 9.17) is 18.9 Å². The van der Waals surface area contributed by atoms with Crippen LogP contribution in [-0.4, -0.2) is 47.4 Å². The van der Waals surface area contributed by atoms with Gasteiger partial charge in [-0.25, -0.2) is 8.42 Å². The summed E-state index contributed by atoms with van der Waals surface area (Å²) in [6.45, 7) is 0.282. The van der Waals surface area contributed by atoms with Crippen LogP contribution in [0, 0.1) is 0 Å². The highest BCUT2D eigenvalue weighted by Crippen LogP contribution is 2.34. The molecule has 9 heteroatoms. The lowest BCUT2D eigenvalue weighted by Crippen LogP contribution is -2.36. The third-order valence-corrected chi connectivity index (χ3v) is 7.10. The van der Waals surface area contributed by atoms with E-state index in [9.17, 15) is 13.2 Å². The van der Waals surface area contributed by atoms with E-state index in [-0.39, 0.29) is 11.0 Å². The van der Waals surface area contributed by atoms with Crippen molar-refractivity contribution in [3.8, 4) is 17.2 Å². The Labute approximate surface area is 181 Å². The average Bonchev–Trinajstić information content (AvgIpc) is 3.30. The first-order chi connectivity index (χ1) is 15.0. The number of benzene rings is 2. The third kappa shape index (κ3) is 4.71. The number of ether oxygens (including phenoxy) is 4. The summed E-state index contributed by atoms with van der Waals surface area (Å²) in [5.41, 5.74) is 0.332. The van der Waals surface area contributed by atoms with Crippen molar-refractivity contribution in [2.75, 3.05) is 31.2 Å². The van der Waals surface area contributed by atoms with Crippen molar-refractivity contribution in [1.82, 2.24) is 0 Å². The molecule has 2 aromatic rings. The molecule has 1 aliphatic heterocycles. The minimum absolute atomic E-state index is 0.00747. The minimum atomic E-state index is -4.07. The maximum atomic E-state index is 13.4. The lowest BCUT2D eigenvalue weighted by Gasteiger charge is -2.25. The zero-order valence-corrected chi connectivity index (χ0v) is 18.1. The molecule has 8 nitrogen and oxygen atoms in total. The van der Waals surface area contributed by atoms with Crippen LogP contribution in [-0.2, 0) is 19.6 Å². The van der Waals surface area contributed by atoms with Gasteiger partial charge in [0.05, 0.1) is 23.8 Å². The topological polar surface area (TPSA) is 91.4 Å². The van der Waals surface area contributed by atoms with Crippen LogP contribution in [0.5, 0.6) is 17.2 Å². The van der Waals surface area contributed by atoms with Crippen molar-refractivity contribution in [2.24, 2.45) is 0 Å². The molecule has 0 N–H and O–H groups in total. The molecule has 31 heavy (non-hydrogen) atoms. The lowest BCUT2D eigenvalue weighted by molar-refractivity contribution is -0.138. The van der Waals surface area contributed by atoms with Crippen LogP contribution >= 0.6 is 0 Å². The van der Waals surface area contributed by atoms with E-state index in [0.717, 1.165) is 30.0 Å². The van der Waals surface area contributed by atoms with Crippen molar-refractivity contribution >= 4 is 21.7 Å². The molecule has 1 fully saturated rings. The predicted octanol–water partition coefficient (Wildman–Crippen LogP) is 3.15. The van der Waals surface area contributed by atoms with Gasteiger partial charge >= 0.3 is 5.97 Å². The Balaban J connectivity index is 1.63. The van der Waals surface area contributed by atoms with E-state index in [1.54, 1.807) is 30.3 Å². The van der Waals surface area contributed by atoms with E-state index >= 15 is 0 Å². The quantitative estimate of drug-likeness (QED) is 0.602. The monoisotopic (exact) mass is 447 g/mol. The Kier molecular flexibility index (Phi) is 6.22. The summed E-state index contributed by atoms with van der Waals surface area (Å²) < 4.78 is 49.5. The van der Waals surface area contributed by atoms with Crippen LogP contribution in [0.3, 0.4) is 0 Å². The summed E-state index contributed by atoms with van der Waals surface area (Å²) in [5, 5.41) is 0. The van der Waals surface area contributed by atoms with Crippen LogP contribution in [0.2, 0.25) is 0 Å². The summed E-state index contributed by atoms with van der Waals surface area (Å²) in [6, 6.07) is 11.1. The third-order valence-electron chi connectivity index (χ3n) is 5.33. The minimum Gasteiger partial charge on any atom is -0.490 e. The van der Waals surface area contributed by atoms with Gasteiger partial charge in [-0.15, -0.1) is 0 Å². The van der Waals surface area contributed by atoms with Crippen molar-refractivity contribution in [3.05, 3.63) is 42.5 Å². The molecule has 0 bridgehead atoms. The number of sulfonamides is 1. The Hall–Kier alpha value is -2.94. The largest absolute Gasteiger partial charge is 0.490 e. The number of fused-ring (bicyclic) bond motifs is 1. The molecule has 1 saturated carbocycles. The van der Waals surface area contributed by atoms with Crippen LogP contribution in [0.4, 0.5) is 5.69 Å². The van der Waals surface area contributed by atoms with E-state index in [2.05, 4.69) is 0 Å². The maximum Gasteiger partial charge on any atom is 0.326 e. The smallest absolute Gasteiger partial charge is 0.326 e. The van der Waals surface area contributed by atoms with Gasteiger partial charge in [0.2, 0.25) is 0 Å². The molecule has 166 valence electrons. The van der Waals surface area contributed by atoms with E-state index in [1.165, 1.54) is 19.2 Å². The maximum absolute atomic E-state index is 13.4. The van der Waals surface area contributed by atoms with E-state index < -0.39 is 22.5 Å². The number of methoxy groups -OCH3 is 1. The molecule has 0 amide bonds. The van der Waals surface area contributed by atoms with Crippen molar-refractivity contribution in [3.63, 3.8) is 0 Å². The molecule has 1 aliphatic carbocycles. The normalized spacial score (nSPS) is 16.0. The zero-order chi connectivity index (χ0) is 21.8. The second-order valence-corrected chi connectivity index (χ2v) is 9.27. The number of carbonyl (C=O) groups excluding carboxylic acids is 1. The van der Waals surface area contributed by atoms with Crippen LogP contribution < -0.4 is 18.5 Å². The first kappa shape index (κ1) is 21.3. The summed E-state index contributed by atoms with van der Waals surface area (Å²) >= 11 is 0. The van der Waals surface area contributed by atoms with Gasteiger partial charge in [0.25, 0.3) is 10.0 Å². The molecule has 0 unspecified atom stereocenters. The molecular weight excluding hydrogens is 422 g/mol. The second-order valence-electron chi connectivity index (χ2n) is 7.41. The molecule has 0 radical (unpaired) electrons. The van der Waals surface area contributed by atoms with E-state index in [0.29, 0.717) is 36.1 Å². The summed E-state index contributed by atoms with van der Waals surface area (Å²) in [4.78, 5) is 12.0. The lowest BCUT2D eigenvalue weighted by atomic mass is 10.2. The fourth-order valence-corrected chi connectivity index (χ4v) is 5.12. The number of rotatable bonds is 7. The zero-order valence-electron chi connectivity index (χ0n) is 17.3. The molecule has 2 aliphatic rings. The highest BCUT2D eigenvalue weighted by molar-refractivity contribution is 7.92. The molecule has 2 aromatic carbocycles. The van der Waals surface area contributed by atoms with Gasteiger partial charge in [0, 0.05) is 6.07 Å². The molecule has 1 heterocycles. The molecule has 0 atom stereocenters. The standard InChI is InChI=1S/C22H25NO7S/c1-27-22(24)15-23(16-6-8-18(9-7-16)30-17-4-2-3-5-17)31(25,26)19-10-11-20-21(14-19)29-13-12-28-20/h6-11,14,17H,2-5,12-13,15H2,1H3. The van der Waals surface area contributed by atoms with Crippen molar-refractivity contribution < 1.29 is 32.2 Å². The molecule has 4 rings (SSSR count). The Morgan fingerprint density at radius 1 is 1.03 bits per heavy atom. The van der Waals surface area contributed by atoms with Gasteiger partial charge in [-0.1, -0.05) is 0 Å². The first-order valence-electron chi connectivity index (χ1n) is 10.2. The van der Waals surface area contributed by atoms with Crippen LogP contribution in [0.25, 0.3) is 0 Å². The number of hydrogen-bond acceptors (Lipinski definition) is 7. The molecule has 0 spiro atoms. The number of esters is 1. The summed E-state index contributed by atoms with van der Waals surface area (Å²) in [7, 11) is -2.85. The molecular formula is C22H25NO7S. The Bertz CT molecular complexity index is 1030. The molecule has 0 aromatic heterocycles. The van der Waals surface area contributed by atoms with Gasteiger partial charge in [0.15, 0.2) is 11.5 Å². The van der Waals surface area contributed by atoms with Gasteiger partial charge < -0.3 is 18.9 Å². The van der Waals surface area contributed by atoms with Gasteiger partial charge in [-0.2, -0.15) is 0 Å². The average molecular weight is 448 g/mol.